The molecule has 0 atom stereocenters. The van der Waals surface area contributed by atoms with Gasteiger partial charge in [-0.05, 0) is 79.6 Å². The molecule has 0 aliphatic rings. The van der Waals surface area contributed by atoms with Crippen LogP contribution in [0.15, 0.2) is 119 Å². The summed E-state index contributed by atoms with van der Waals surface area (Å²) < 4.78 is 5.06. The van der Waals surface area contributed by atoms with Gasteiger partial charge in [0.05, 0.1) is 13.0 Å². The Morgan fingerprint density at radius 3 is 1.87 bits per heavy atom. The first-order valence-corrected chi connectivity index (χ1v) is 14.4. The maximum absolute atomic E-state index is 11.8. The number of carbonyl (C=O) groups excluding carboxylic acids is 1. The third-order valence-corrected chi connectivity index (χ3v) is 7.47. The van der Waals surface area contributed by atoms with Crippen LogP contribution in [0.2, 0.25) is 0 Å². The predicted octanol–water partition coefficient (Wildman–Crippen LogP) is 8.02. The van der Waals surface area contributed by atoms with Crippen molar-refractivity contribution in [3.8, 4) is 0 Å². The van der Waals surface area contributed by atoms with Gasteiger partial charge < -0.3 is 9.64 Å². The summed E-state index contributed by atoms with van der Waals surface area (Å²) >= 11 is 1.76. The van der Waals surface area contributed by atoms with Crippen LogP contribution in [-0.4, -0.2) is 25.7 Å². The predicted molar refractivity (Wildman–Crippen MR) is 159 cm³/mol. The summed E-state index contributed by atoms with van der Waals surface area (Å²) in [6, 6.07) is 38.6. The third-order valence-electron chi connectivity index (χ3n) is 6.47. The first-order chi connectivity index (χ1) is 18.7. The molecule has 0 aromatic heterocycles. The zero-order valence-corrected chi connectivity index (χ0v) is 23.0. The van der Waals surface area contributed by atoms with E-state index in [0.29, 0.717) is 13.0 Å². The summed E-state index contributed by atoms with van der Waals surface area (Å²) in [5.41, 5.74) is 5.04. The number of hydrogen-bond acceptors (Lipinski definition) is 4. The minimum absolute atomic E-state index is 0.180. The average molecular weight is 524 g/mol. The second-order valence-electron chi connectivity index (χ2n) is 9.39. The second kappa shape index (κ2) is 15.0. The Hall–Kier alpha value is -3.50. The molecule has 4 rings (SSSR count). The molecule has 0 aliphatic carbocycles. The Kier molecular flexibility index (Phi) is 10.9. The summed E-state index contributed by atoms with van der Waals surface area (Å²) in [7, 11) is 0. The smallest absolute Gasteiger partial charge is 0.310 e. The molecule has 4 aromatic carbocycles. The van der Waals surface area contributed by atoms with Crippen molar-refractivity contribution < 1.29 is 9.53 Å². The van der Waals surface area contributed by atoms with E-state index in [4.69, 9.17) is 4.74 Å². The van der Waals surface area contributed by atoms with Crippen LogP contribution in [0.4, 0.5) is 5.69 Å². The number of anilines is 1. The molecule has 0 N–H and O–H groups in total. The molecule has 0 fully saturated rings. The molecular weight excluding hydrogens is 486 g/mol. The summed E-state index contributed by atoms with van der Waals surface area (Å²) in [6.07, 6.45) is 4.73. The minimum Gasteiger partial charge on any atom is -0.466 e. The Balaban J connectivity index is 1.40. The Labute approximate surface area is 231 Å². The molecule has 0 amide bonds. The van der Waals surface area contributed by atoms with Crippen molar-refractivity contribution in [3.63, 3.8) is 0 Å². The monoisotopic (exact) mass is 523 g/mol. The van der Waals surface area contributed by atoms with Crippen molar-refractivity contribution in [1.29, 1.82) is 0 Å². The molecule has 0 bridgehead atoms. The lowest BCUT2D eigenvalue weighted by Crippen LogP contribution is -2.26. The van der Waals surface area contributed by atoms with Gasteiger partial charge in [-0.1, -0.05) is 90.6 Å². The first-order valence-electron chi connectivity index (χ1n) is 13.5. The molecule has 0 saturated carbocycles. The highest BCUT2D eigenvalue weighted by Gasteiger charge is 2.10. The quantitative estimate of drug-likeness (QED) is 0.157. The average Bonchev–Trinajstić information content (AvgIpc) is 2.95. The molecule has 0 radical (unpaired) electrons. The van der Waals surface area contributed by atoms with E-state index < -0.39 is 0 Å². The van der Waals surface area contributed by atoms with Crippen molar-refractivity contribution in [2.45, 2.75) is 48.8 Å². The van der Waals surface area contributed by atoms with Crippen LogP contribution >= 0.6 is 11.8 Å². The van der Waals surface area contributed by atoms with Crippen LogP contribution in [0.3, 0.4) is 0 Å². The maximum Gasteiger partial charge on any atom is 0.310 e. The number of esters is 1. The van der Waals surface area contributed by atoms with Gasteiger partial charge in [0.15, 0.2) is 0 Å². The molecule has 0 saturated heterocycles. The topological polar surface area (TPSA) is 29.5 Å². The Morgan fingerprint density at radius 2 is 1.29 bits per heavy atom. The van der Waals surface area contributed by atoms with E-state index in [2.05, 4.69) is 102 Å². The SMILES string of the molecule is CCOC(=O)Cc1ccc(Sc2cccc(N(CCCc3ccccc3)CCCc3ccccc3)c2)cc1. The maximum atomic E-state index is 11.8. The lowest BCUT2D eigenvalue weighted by molar-refractivity contribution is -0.142. The van der Waals surface area contributed by atoms with E-state index in [0.717, 1.165) is 49.2 Å². The summed E-state index contributed by atoms with van der Waals surface area (Å²) in [6.45, 7) is 4.30. The molecule has 4 aromatic rings. The van der Waals surface area contributed by atoms with Gasteiger partial charge in [0.2, 0.25) is 0 Å². The van der Waals surface area contributed by atoms with Gasteiger partial charge in [0, 0.05) is 28.6 Å². The normalized spacial score (nSPS) is 10.8. The first kappa shape index (κ1) is 27.5. The zero-order valence-electron chi connectivity index (χ0n) is 22.2. The van der Waals surface area contributed by atoms with E-state index in [1.165, 1.54) is 21.7 Å². The molecule has 0 unspecified atom stereocenters. The largest absolute Gasteiger partial charge is 0.466 e. The zero-order chi connectivity index (χ0) is 26.4. The number of nitrogens with zero attached hydrogens (tertiary/aromatic N) is 1. The highest BCUT2D eigenvalue weighted by atomic mass is 32.2. The van der Waals surface area contributed by atoms with Crippen molar-refractivity contribution in [2.75, 3.05) is 24.6 Å². The molecule has 0 aliphatic heterocycles. The van der Waals surface area contributed by atoms with E-state index in [1.54, 1.807) is 11.8 Å². The molecular formula is C34H37NO2S. The van der Waals surface area contributed by atoms with E-state index in [1.807, 2.05) is 19.1 Å². The summed E-state index contributed by atoms with van der Waals surface area (Å²) in [5.74, 6) is -0.180. The van der Waals surface area contributed by atoms with Gasteiger partial charge in [0.25, 0.3) is 0 Å². The highest BCUT2D eigenvalue weighted by molar-refractivity contribution is 7.99. The van der Waals surface area contributed by atoms with Crippen molar-refractivity contribution in [3.05, 3.63) is 126 Å². The van der Waals surface area contributed by atoms with Crippen LogP contribution in [0.5, 0.6) is 0 Å². The molecule has 0 heterocycles. The fourth-order valence-electron chi connectivity index (χ4n) is 4.54. The van der Waals surface area contributed by atoms with Gasteiger partial charge in [-0.25, -0.2) is 0 Å². The van der Waals surface area contributed by atoms with Crippen LogP contribution < -0.4 is 4.90 Å². The van der Waals surface area contributed by atoms with Gasteiger partial charge in [-0.15, -0.1) is 0 Å². The number of carbonyl (C=O) groups is 1. The van der Waals surface area contributed by atoms with Crippen LogP contribution in [0, 0.1) is 0 Å². The lowest BCUT2D eigenvalue weighted by atomic mass is 10.1. The van der Waals surface area contributed by atoms with Gasteiger partial charge in [-0.2, -0.15) is 0 Å². The summed E-state index contributed by atoms with van der Waals surface area (Å²) in [4.78, 5) is 16.7. The van der Waals surface area contributed by atoms with Gasteiger partial charge in [0.1, 0.15) is 0 Å². The number of ether oxygens (including phenoxy) is 1. The van der Waals surface area contributed by atoms with Crippen molar-refractivity contribution in [2.24, 2.45) is 0 Å². The Bertz CT molecular complexity index is 1200. The van der Waals surface area contributed by atoms with Crippen LogP contribution in [0.25, 0.3) is 0 Å². The number of aryl methyl sites for hydroxylation is 2. The number of hydrogen-bond donors (Lipinski definition) is 0. The Morgan fingerprint density at radius 1 is 0.684 bits per heavy atom. The van der Waals surface area contributed by atoms with Crippen molar-refractivity contribution >= 4 is 23.4 Å². The lowest BCUT2D eigenvalue weighted by Gasteiger charge is -2.25. The van der Waals surface area contributed by atoms with Crippen LogP contribution in [-0.2, 0) is 28.8 Å². The van der Waals surface area contributed by atoms with E-state index in [9.17, 15) is 4.79 Å². The summed E-state index contributed by atoms with van der Waals surface area (Å²) in [5, 5.41) is 0. The molecule has 196 valence electrons. The third kappa shape index (κ3) is 9.11. The highest BCUT2D eigenvalue weighted by Crippen LogP contribution is 2.31. The van der Waals surface area contributed by atoms with Gasteiger partial charge in [-0.3, -0.25) is 4.79 Å². The number of benzene rings is 4. The fraction of sp³-hybridized carbons (Fsp3) is 0.265. The molecule has 4 heteroatoms. The van der Waals surface area contributed by atoms with E-state index >= 15 is 0 Å². The number of rotatable bonds is 14. The minimum atomic E-state index is -0.180. The van der Waals surface area contributed by atoms with Gasteiger partial charge >= 0.3 is 5.97 Å². The second-order valence-corrected chi connectivity index (χ2v) is 10.5. The molecule has 0 spiro atoms. The standard InChI is InChI=1S/C34H37NO2S/c1-2-37-34(36)26-30-20-22-32(23-21-30)38-33-19-9-18-31(27-33)35(24-10-16-28-12-5-3-6-13-28)25-11-17-29-14-7-4-8-15-29/h3-9,12-15,18-23,27H,2,10-11,16-17,24-26H2,1H3. The molecule has 3 nitrogen and oxygen atoms in total. The fourth-order valence-corrected chi connectivity index (χ4v) is 5.41. The van der Waals surface area contributed by atoms with Crippen LogP contribution in [0.1, 0.15) is 36.5 Å². The molecule has 38 heavy (non-hydrogen) atoms. The van der Waals surface area contributed by atoms with E-state index in [-0.39, 0.29) is 5.97 Å². The van der Waals surface area contributed by atoms with Crippen molar-refractivity contribution in [1.82, 2.24) is 0 Å².